The standard InChI is InChI=1S/C17H23N3O3.ClH/c1-23-15-6-3-2-5-13(15)14-11-18-8-10-20(14)17(22)12-19-9-4-7-16(19)21;/h2-3,5-6,14,18H,4,7-12H2,1H3;1H. The zero-order valence-electron chi connectivity index (χ0n) is 13.9. The van der Waals surface area contributed by atoms with Crippen LogP contribution in [0.1, 0.15) is 24.4 Å². The predicted octanol–water partition coefficient (Wildman–Crippen LogP) is 1.21. The van der Waals surface area contributed by atoms with E-state index in [9.17, 15) is 9.59 Å². The van der Waals surface area contributed by atoms with Crippen LogP contribution in [0.25, 0.3) is 0 Å². The van der Waals surface area contributed by atoms with Gasteiger partial charge in [-0.1, -0.05) is 18.2 Å². The van der Waals surface area contributed by atoms with Gasteiger partial charge in [-0.25, -0.2) is 0 Å². The number of nitrogens with one attached hydrogen (secondary N) is 1. The molecule has 24 heavy (non-hydrogen) atoms. The lowest BCUT2D eigenvalue weighted by atomic mass is 10.0. The SMILES string of the molecule is COc1ccccc1C1CNCCN1C(=O)CN1CCCC1=O.Cl. The average Bonchev–Trinajstić information content (AvgIpc) is 2.99. The van der Waals surface area contributed by atoms with Crippen molar-refractivity contribution in [2.75, 3.05) is 39.8 Å². The summed E-state index contributed by atoms with van der Waals surface area (Å²) in [5.74, 6) is 0.885. The first kappa shape index (κ1) is 18.5. The molecule has 0 bridgehead atoms. The molecule has 2 aliphatic heterocycles. The number of methoxy groups -OCH3 is 1. The van der Waals surface area contributed by atoms with Gasteiger partial charge in [0.05, 0.1) is 19.7 Å². The first-order chi connectivity index (χ1) is 11.2. The Morgan fingerprint density at radius 2 is 2.12 bits per heavy atom. The third-order valence-corrected chi connectivity index (χ3v) is 4.56. The Labute approximate surface area is 148 Å². The molecule has 2 heterocycles. The maximum atomic E-state index is 12.7. The first-order valence-electron chi connectivity index (χ1n) is 8.11. The molecule has 2 saturated heterocycles. The molecule has 132 valence electrons. The molecule has 0 radical (unpaired) electrons. The maximum absolute atomic E-state index is 12.7. The molecule has 0 aliphatic carbocycles. The molecule has 3 rings (SSSR count). The molecule has 2 aliphatic rings. The number of amides is 2. The predicted molar refractivity (Wildman–Crippen MR) is 93.4 cm³/mol. The van der Waals surface area contributed by atoms with Crippen LogP contribution in [-0.4, -0.2) is 61.4 Å². The van der Waals surface area contributed by atoms with Crippen LogP contribution in [0.2, 0.25) is 0 Å². The van der Waals surface area contributed by atoms with E-state index in [-0.39, 0.29) is 36.8 Å². The van der Waals surface area contributed by atoms with E-state index in [1.807, 2.05) is 29.2 Å². The number of carbonyl (C=O) groups excluding carboxylic acids is 2. The van der Waals surface area contributed by atoms with Gasteiger partial charge < -0.3 is 19.9 Å². The van der Waals surface area contributed by atoms with Gasteiger partial charge in [0, 0.05) is 38.2 Å². The molecule has 1 aromatic rings. The van der Waals surface area contributed by atoms with Crippen molar-refractivity contribution in [1.82, 2.24) is 15.1 Å². The highest BCUT2D eigenvalue weighted by molar-refractivity contribution is 5.86. The Morgan fingerprint density at radius 3 is 2.83 bits per heavy atom. The second kappa shape index (κ2) is 8.35. The fourth-order valence-corrected chi connectivity index (χ4v) is 3.35. The first-order valence-corrected chi connectivity index (χ1v) is 8.11. The second-order valence-electron chi connectivity index (χ2n) is 5.97. The van der Waals surface area contributed by atoms with E-state index in [0.717, 1.165) is 24.3 Å². The quantitative estimate of drug-likeness (QED) is 0.884. The van der Waals surface area contributed by atoms with Crippen LogP contribution in [0.3, 0.4) is 0 Å². The van der Waals surface area contributed by atoms with E-state index in [1.165, 1.54) is 0 Å². The number of hydrogen-bond donors (Lipinski definition) is 1. The number of likely N-dealkylation sites (tertiary alicyclic amines) is 1. The molecule has 7 heteroatoms. The molecule has 1 aromatic carbocycles. The summed E-state index contributed by atoms with van der Waals surface area (Å²) >= 11 is 0. The van der Waals surface area contributed by atoms with Crippen LogP contribution >= 0.6 is 12.4 Å². The Kier molecular flexibility index (Phi) is 6.45. The lowest BCUT2D eigenvalue weighted by Crippen LogP contribution is -2.51. The van der Waals surface area contributed by atoms with Crippen molar-refractivity contribution in [2.45, 2.75) is 18.9 Å². The number of carbonyl (C=O) groups is 2. The van der Waals surface area contributed by atoms with E-state index in [0.29, 0.717) is 26.1 Å². The van der Waals surface area contributed by atoms with E-state index >= 15 is 0 Å². The highest BCUT2D eigenvalue weighted by atomic mass is 35.5. The molecule has 2 fully saturated rings. The molecular weight excluding hydrogens is 330 g/mol. The molecule has 0 saturated carbocycles. The van der Waals surface area contributed by atoms with Gasteiger partial charge in [-0.3, -0.25) is 9.59 Å². The highest BCUT2D eigenvalue weighted by Crippen LogP contribution is 2.30. The van der Waals surface area contributed by atoms with Gasteiger partial charge in [-0.05, 0) is 12.5 Å². The van der Waals surface area contributed by atoms with Crippen LogP contribution < -0.4 is 10.1 Å². The molecule has 1 N–H and O–H groups in total. The Hall–Kier alpha value is -1.79. The summed E-state index contributed by atoms with van der Waals surface area (Å²) in [6, 6.07) is 7.73. The van der Waals surface area contributed by atoms with Crippen LogP contribution in [0.4, 0.5) is 0 Å². The Morgan fingerprint density at radius 1 is 1.33 bits per heavy atom. The number of ether oxygens (including phenoxy) is 1. The minimum atomic E-state index is -0.0647. The number of nitrogens with zero attached hydrogens (tertiary/aromatic N) is 2. The van der Waals surface area contributed by atoms with E-state index < -0.39 is 0 Å². The lowest BCUT2D eigenvalue weighted by Gasteiger charge is -2.37. The third kappa shape index (κ3) is 3.82. The zero-order chi connectivity index (χ0) is 16.2. The van der Waals surface area contributed by atoms with Crippen molar-refractivity contribution in [1.29, 1.82) is 0 Å². The largest absolute Gasteiger partial charge is 0.496 e. The van der Waals surface area contributed by atoms with Crippen LogP contribution in [0.5, 0.6) is 5.75 Å². The van der Waals surface area contributed by atoms with Crippen molar-refractivity contribution < 1.29 is 14.3 Å². The van der Waals surface area contributed by atoms with Gasteiger partial charge in [-0.2, -0.15) is 0 Å². The highest BCUT2D eigenvalue weighted by Gasteiger charge is 2.32. The number of halogens is 1. The summed E-state index contributed by atoms with van der Waals surface area (Å²) in [6.07, 6.45) is 1.41. The normalized spacial score (nSPS) is 20.7. The third-order valence-electron chi connectivity index (χ3n) is 4.56. The Balaban J connectivity index is 0.00000208. The van der Waals surface area contributed by atoms with Crippen LogP contribution in [0, 0.1) is 0 Å². The molecule has 0 aromatic heterocycles. The summed E-state index contributed by atoms with van der Waals surface area (Å²) in [7, 11) is 1.64. The number of piperazine rings is 1. The van der Waals surface area contributed by atoms with Crippen LogP contribution in [0.15, 0.2) is 24.3 Å². The van der Waals surface area contributed by atoms with E-state index in [2.05, 4.69) is 5.32 Å². The van der Waals surface area contributed by atoms with Gasteiger partial charge in [0.15, 0.2) is 0 Å². The molecule has 6 nitrogen and oxygen atoms in total. The fraction of sp³-hybridized carbons (Fsp3) is 0.529. The lowest BCUT2D eigenvalue weighted by molar-refractivity contribution is -0.140. The van der Waals surface area contributed by atoms with Crippen molar-refractivity contribution in [3.05, 3.63) is 29.8 Å². The molecule has 0 spiro atoms. The zero-order valence-corrected chi connectivity index (χ0v) is 14.7. The number of benzene rings is 1. The number of para-hydroxylation sites is 1. The van der Waals surface area contributed by atoms with Gasteiger partial charge in [0.1, 0.15) is 5.75 Å². The van der Waals surface area contributed by atoms with Gasteiger partial charge in [0.25, 0.3) is 0 Å². The maximum Gasteiger partial charge on any atom is 0.242 e. The van der Waals surface area contributed by atoms with Crippen molar-refractivity contribution in [2.24, 2.45) is 0 Å². The summed E-state index contributed by atoms with van der Waals surface area (Å²) in [5.41, 5.74) is 1.00. The minimum Gasteiger partial charge on any atom is -0.496 e. The van der Waals surface area contributed by atoms with Gasteiger partial charge in [0.2, 0.25) is 11.8 Å². The minimum absolute atomic E-state index is 0. The number of hydrogen-bond acceptors (Lipinski definition) is 4. The molecule has 1 atom stereocenters. The molecular formula is C17H24ClN3O3. The second-order valence-corrected chi connectivity index (χ2v) is 5.97. The summed E-state index contributed by atoms with van der Waals surface area (Å²) < 4.78 is 5.45. The molecule has 1 unspecified atom stereocenters. The smallest absolute Gasteiger partial charge is 0.242 e. The summed E-state index contributed by atoms with van der Waals surface area (Å²) in [5, 5.41) is 3.34. The number of rotatable bonds is 4. The monoisotopic (exact) mass is 353 g/mol. The van der Waals surface area contributed by atoms with Gasteiger partial charge >= 0.3 is 0 Å². The molecule has 2 amide bonds. The van der Waals surface area contributed by atoms with Crippen LogP contribution in [-0.2, 0) is 9.59 Å². The van der Waals surface area contributed by atoms with Gasteiger partial charge in [-0.15, -0.1) is 12.4 Å². The Bertz CT molecular complexity index is 596. The fourth-order valence-electron chi connectivity index (χ4n) is 3.35. The summed E-state index contributed by atoms with van der Waals surface area (Å²) in [4.78, 5) is 28.1. The topological polar surface area (TPSA) is 61.9 Å². The van der Waals surface area contributed by atoms with E-state index in [4.69, 9.17) is 4.74 Å². The summed E-state index contributed by atoms with van der Waals surface area (Å²) in [6.45, 7) is 2.98. The van der Waals surface area contributed by atoms with Crippen molar-refractivity contribution >= 4 is 24.2 Å². The van der Waals surface area contributed by atoms with E-state index in [1.54, 1.807) is 12.0 Å². The van der Waals surface area contributed by atoms with Crippen molar-refractivity contribution in [3.8, 4) is 5.75 Å². The van der Waals surface area contributed by atoms with Crippen molar-refractivity contribution in [3.63, 3.8) is 0 Å². The average molecular weight is 354 g/mol.